The van der Waals surface area contributed by atoms with E-state index in [1.54, 1.807) is 50.4 Å². The van der Waals surface area contributed by atoms with Crippen LogP contribution in [0.2, 0.25) is 0 Å². The summed E-state index contributed by atoms with van der Waals surface area (Å²) in [6.45, 7) is 1.77. The van der Waals surface area contributed by atoms with Gasteiger partial charge in [0.1, 0.15) is 11.4 Å². The van der Waals surface area contributed by atoms with Gasteiger partial charge in [-0.1, -0.05) is 54.6 Å². The lowest BCUT2D eigenvalue weighted by Gasteiger charge is -2.24. The highest BCUT2D eigenvalue weighted by Gasteiger charge is 2.29. The molecule has 4 aromatic rings. The van der Waals surface area contributed by atoms with E-state index in [1.165, 1.54) is 0 Å². The number of amides is 2. The molecule has 0 saturated carbocycles. The molecule has 0 aliphatic carbocycles. The van der Waals surface area contributed by atoms with Crippen molar-refractivity contribution in [1.82, 2.24) is 15.6 Å². The van der Waals surface area contributed by atoms with Crippen molar-refractivity contribution in [3.05, 3.63) is 111 Å². The number of aliphatic hydroxyl groups is 1. The summed E-state index contributed by atoms with van der Waals surface area (Å²) >= 11 is 0. The maximum Gasteiger partial charge on any atom is 0.268 e. The lowest BCUT2D eigenvalue weighted by atomic mass is 9.99. The zero-order valence-corrected chi connectivity index (χ0v) is 20.7. The highest BCUT2D eigenvalue weighted by molar-refractivity contribution is 5.97. The third-order valence-electron chi connectivity index (χ3n) is 6.26. The molecule has 0 radical (unpaired) electrons. The molecule has 0 bridgehead atoms. The Morgan fingerprint density at radius 3 is 2.32 bits per heavy atom. The number of aliphatic hydroxyl groups excluding tert-OH is 1. The number of ether oxygens (including phenoxy) is 1. The first-order chi connectivity index (χ1) is 17.9. The first-order valence-corrected chi connectivity index (χ1v) is 11.9. The fourth-order valence-electron chi connectivity index (χ4n) is 4.13. The Labute approximate surface area is 214 Å². The van der Waals surface area contributed by atoms with Gasteiger partial charge in [0.15, 0.2) is 11.5 Å². The number of hydrogen-bond acceptors (Lipinski definition) is 5. The van der Waals surface area contributed by atoms with Crippen molar-refractivity contribution in [2.24, 2.45) is 0 Å². The quantitative estimate of drug-likeness (QED) is 0.282. The van der Waals surface area contributed by atoms with Gasteiger partial charge < -0.3 is 25.5 Å². The maximum absolute atomic E-state index is 13.3. The minimum Gasteiger partial charge on any atom is -0.497 e. The number of aromatic amines is 1. The first-order valence-electron chi connectivity index (χ1n) is 11.9. The van der Waals surface area contributed by atoms with Crippen LogP contribution in [-0.2, 0) is 17.8 Å². The number of H-pyrrole nitrogens is 1. The second kappa shape index (κ2) is 11.5. The number of methoxy groups -OCH3 is 1. The predicted octanol–water partition coefficient (Wildman–Crippen LogP) is 2.86. The number of hydrogen-bond donors (Lipinski definition) is 4. The van der Waals surface area contributed by atoms with Crippen molar-refractivity contribution >= 4 is 22.7 Å². The molecule has 0 saturated heterocycles. The van der Waals surface area contributed by atoms with Crippen molar-refractivity contribution in [2.45, 2.75) is 32.0 Å². The van der Waals surface area contributed by atoms with Crippen LogP contribution in [0.4, 0.5) is 0 Å². The number of carbonyl (C=O) groups is 2. The van der Waals surface area contributed by atoms with Crippen LogP contribution in [0.25, 0.3) is 10.9 Å². The molecule has 1 aromatic heterocycles. The molecule has 0 fully saturated rings. The summed E-state index contributed by atoms with van der Waals surface area (Å²) in [7, 11) is 1.57. The minimum atomic E-state index is -1.53. The predicted molar refractivity (Wildman–Crippen MR) is 142 cm³/mol. The second-order valence-electron chi connectivity index (χ2n) is 8.78. The van der Waals surface area contributed by atoms with Gasteiger partial charge in [0.05, 0.1) is 13.2 Å². The summed E-state index contributed by atoms with van der Waals surface area (Å²) in [6, 6.07) is 22.4. The Balaban J connectivity index is 1.54. The largest absolute Gasteiger partial charge is 0.497 e. The average Bonchev–Trinajstić information content (AvgIpc) is 2.93. The van der Waals surface area contributed by atoms with Gasteiger partial charge in [-0.15, -0.1) is 0 Å². The zero-order valence-electron chi connectivity index (χ0n) is 20.7. The van der Waals surface area contributed by atoms with Gasteiger partial charge in [-0.3, -0.25) is 14.4 Å². The summed E-state index contributed by atoms with van der Waals surface area (Å²) < 4.78 is 5.14. The van der Waals surface area contributed by atoms with Crippen molar-refractivity contribution in [3.63, 3.8) is 0 Å². The summed E-state index contributed by atoms with van der Waals surface area (Å²) in [5.74, 6) is -0.508. The van der Waals surface area contributed by atoms with E-state index in [0.717, 1.165) is 11.1 Å². The van der Waals surface area contributed by atoms with Gasteiger partial charge in [-0.05, 0) is 48.7 Å². The molecule has 2 atom stereocenters. The fraction of sp³-hybridized carbons (Fsp3) is 0.207. The average molecular weight is 500 g/mol. The molecule has 8 nitrogen and oxygen atoms in total. The number of benzene rings is 3. The third kappa shape index (κ3) is 6.05. The number of fused-ring (bicyclic) bond motifs is 1. The molecular weight excluding hydrogens is 470 g/mol. The molecule has 190 valence electrons. The van der Waals surface area contributed by atoms with E-state index in [0.29, 0.717) is 16.7 Å². The lowest BCUT2D eigenvalue weighted by molar-refractivity contribution is -0.130. The smallest absolute Gasteiger partial charge is 0.268 e. The molecule has 4 N–H and O–H groups in total. The number of pyridine rings is 1. The summed E-state index contributed by atoms with van der Waals surface area (Å²) in [6.07, 6.45) is -1.32. The molecule has 2 unspecified atom stereocenters. The SMILES string of the molecule is COc1ccc(CNC(=O)C(O)C(Cc2ccccc2)NC(=O)c2[nH]c3ccccc3c(=O)c2C)cc1. The van der Waals surface area contributed by atoms with E-state index in [-0.39, 0.29) is 29.7 Å². The van der Waals surface area contributed by atoms with E-state index in [9.17, 15) is 19.5 Å². The van der Waals surface area contributed by atoms with Gasteiger partial charge >= 0.3 is 0 Å². The monoisotopic (exact) mass is 499 g/mol. The van der Waals surface area contributed by atoms with Crippen molar-refractivity contribution in [1.29, 1.82) is 0 Å². The zero-order chi connectivity index (χ0) is 26.4. The topological polar surface area (TPSA) is 121 Å². The van der Waals surface area contributed by atoms with Crippen LogP contribution in [0, 0.1) is 6.92 Å². The van der Waals surface area contributed by atoms with Gasteiger partial charge in [0.2, 0.25) is 0 Å². The van der Waals surface area contributed by atoms with Crippen molar-refractivity contribution in [2.75, 3.05) is 7.11 Å². The normalized spacial score (nSPS) is 12.5. The van der Waals surface area contributed by atoms with Gasteiger partial charge in [0, 0.05) is 23.0 Å². The molecule has 1 heterocycles. The summed E-state index contributed by atoms with van der Waals surface area (Å²) in [4.78, 5) is 42.0. The number of rotatable bonds is 9. The Bertz CT molecular complexity index is 1450. The van der Waals surface area contributed by atoms with Crippen LogP contribution in [0.1, 0.15) is 27.2 Å². The van der Waals surface area contributed by atoms with E-state index in [4.69, 9.17) is 4.74 Å². The van der Waals surface area contributed by atoms with Crippen LogP contribution < -0.4 is 20.8 Å². The Morgan fingerprint density at radius 1 is 0.946 bits per heavy atom. The second-order valence-corrected chi connectivity index (χ2v) is 8.78. The third-order valence-corrected chi connectivity index (χ3v) is 6.26. The molecule has 0 spiro atoms. The number of carbonyl (C=O) groups excluding carboxylic acids is 2. The van der Waals surface area contributed by atoms with Crippen LogP contribution >= 0.6 is 0 Å². The fourth-order valence-corrected chi connectivity index (χ4v) is 4.13. The highest BCUT2D eigenvalue weighted by atomic mass is 16.5. The van der Waals surface area contributed by atoms with Crippen molar-refractivity contribution < 1.29 is 19.4 Å². The number of aromatic nitrogens is 1. The maximum atomic E-state index is 13.3. The van der Waals surface area contributed by atoms with Crippen LogP contribution in [0.3, 0.4) is 0 Å². The summed E-state index contributed by atoms with van der Waals surface area (Å²) in [5, 5.41) is 16.9. The van der Waals surface area contributed by atoms with E-state index in [1.807, 2.05) is 42.5 Å². The molecule has 4 rings (SSSR count). The molecule has 8 heteroatoms. The van der Waals surface area contributed by atoms with Crippen LogP contribution in [0.15, 0.2) is 83.7 Å². The van der Waals surface area contributed by atoms with E-state index < -0.39 is 24.0 Å². The molecule has 0 aliphatic rings. The van der Waals surface area contributed by atoms with Crippen molar-refractivity contribution in [3.8, 4) is 5.75 Å². The Kier molecular flexibility index (Phi) is 8.00. The first kappa shape index (κ1) is 25.7. The van der Waals surface area contributed by atoms with Gasteiger partial charge in [0.25, 0.3) is 11.8 Å². The van der Waals surface area contributed by atoms with Crippen LogP contribution in [-0.4, -0.2) is 41.2 Å². The van der Waals surface area contributed by atoms with Crippen LogP contribution in [0.5, 0.6) is 5.75 Å². The number of nitrogens with one attached hydrogen (secondary N) is 3. The van der Waals surface area contributed by atoms with E-state index >= 15 is 0 Å². The Morgan fingerprint density at radius 2 is 1.62 bits per heavy atom. The molecular formula is C29H29N3O5. The molecule has 2 amide bonds. The molecule has 0 aliphatic heterocycles. The molecule has 3 aromatic carbocycles. The highest BCUT2D eigenvalue weighted by Crippen LogP contribution is 2.14. The Hall–Kier alpha value is -4.43. The standard InChI is InChI=1S/C29H29N3O5/c1-18-25(31-23-11-7-6-10-22(23)26(18)33)28(35)32-24(16-19-8-4-3-5-9-19)27(34)29(36)30-17-20-12-14-21(37-2)15-13-20/h3-15,24,27,34H,16-17H2,1-2H3,(H,30,36)(H,31,33)(H,32,35). The minimum absolute atomic E-state index is 0.0904. The summed E-state index contributed by atoms with van der Waals surface area (Å²) in [5.41, 5.74) is 2.28. The number of para-hydroxylation sites is 1. The lowest BCUT2D eigenvalue weighted by Crippen LogP contribution is -2.52. The molecule has 37 heavy (non-hydrogen) atoms. The van der Waals surface area contributed by atoms with Gasteiger partial charge in [-0.2, -0.15) is 0 Å². The van der Waals surface area contributed by atoms with E-state index in [2.05, 4.69) is 15.6 Å². The van der Waals surface area contributed by atoms with Gasteiger partial charge in [-0.25, -0.2) is 0 Å².